The fraction of sp³-hybridized carbons (Fsp3) is 0.250. The van der Waals surface area contributed by atoms with E-state index in [-0.39, 0.29) is 16.8 Å². The van der Waals surface area contributed by atoms with Crippen LogP contribution in [-0.4, -0.2) is 11.4 Å². The Balaban J connectivity index is 1.57. The van der Waals surface area contributed by atoms with Crippen LogP contribution in [0.3, 0.4) is 0 Å². The van der Waals surface area contributed by atoms with Gasteiger partial charge in [0.2, 0.25) is 11.4 Å². The highest BCUT2D eigenvalue weighted by molar-refractivity contribution is 7.41. The van der Waals surface area contributed by atoms with Crippen molar-refractivity contribution in [1.82, 2.24) is 0 Å². The summed E-state index contributed by atoms with van der Waals surface area (Å²) in [5.41, 5.74) is 2.47. The van der Waals surface area contributed by atoms with Crippen LogP contribution in [0.4, 0.5) is 10.0 Å². The average Bonchev–Trinajstić information content (AvgIpc) is 3.63. The van der Waals surface area contributed by atoms with Crippen LogP contribution in [0.1, 0.15) is 43.2 Å². The van der Waals surface area contributed by atoms with E-state index in [1.54, 1.807) is 34.0 Å². The molecule has 10 heteroatoms. The van der Waals surface area contributed by atoms with Crippen molar-refractivity contribution in [1.29, 1.82) is 21.0 Å². The lowest BCUT2D eigenvalue weighted by Crippen LogP contribution is -2.27. The lowest BCUT2D eigenvalue weighted by atomic mass is 9.68. The average molecular weight is 513 g/mol. The Morgan fingerprint density at radius 3 is 2.00 bits per heavy atom. The van der Waals surface area contributed by atoms with Crippen LogP contribution < -0.4 is 0 Å². The van der Waals surface area contributed by atoms with E-state index in [1.165, 1.54) is 60.9 Å². The summed E-state index contributed by atoms with van der Waals surface area (Å²) in [7, 11) is 0. The van der Waals surface area contributed by atoms with E-state index in [0.717, 1.165) is 22.2 Å². The van der Waals surface area contributed by atoms with Gasteiger partial charge in [0, 0.05) is 15.7 Å². The summed E-state index contributed by atoms with van der Waals surface area (Å²) in [6.45, 7) is 0. The normalized spacial score (nSPS) is 15.2. The maximum absolute atomic E-state index is 9.15. The monoisotopic (exact) mass is 512 g/mol. The van der Waals surface area contributed by atoms with Gasteiger partial charge in [-0.25, -0.2) is 9.98 Å². The molecule has 6 rings (SSSR count). The fourth-order valence-corrected chi connectivity index (χ4v) is 10.8. The first-order chi connectivity index (χ1) is 16.6. The molecule has 0 aromatic carbocycles. The number of nitriles is 4. The number of thiophene rings is 4. The molecule has 1 fully saturated rings. The molecule has 4 aromatic heterocycles. The van der Waals surface area contributed by atoms with E-state index in [2.05, 4.69) is 16.1 Å². The van der Waals surface area contributed by atoms with Crippen LogP contribution >= 0.6 is 45.3 Å². The summed E-state index contributed by atoms with van der Waals surface area (Å²) in [5, 5.41) is 37.8. The molecule has 4 aromatic rings. The molecular formula is C24H12N6S4. The minimum Gasteiger partial charge on any atom is -0.216 e. The largest absolute Gasteiger partial charge is 0.219 e. The highest BCUT2D eigenvalue weighted by Gasteiger charge is 2.48. The zero-order valence-electron chi connectivity index (χ0n) is 17.5. The van der Waals surface area contributed by atoms with Gasteiger partial charge in [-0.3, -0.25) is 0 Å². The molecule has 0 saturated heterocycles. The van der Waals surface area contributed by atoms with E-state index in [4.69, 9.17) is 21.0 Å². The van der Waals surface area contributed by atoms with Crippen molar-refractivity contribution in [2.24, 2.45) is 9.98 Å². The van der Waals surface area contributed by atoms with Crippen LogP contribution in [0.15, 0.2) is 22.1 Å². The van der Waals surface area contributed by atoms with Gasteiger partial charge in [0.05, 0.1) is 23.9 Å². The highest BCUT2D eigenvalue weighted by atomic mass is 32.1. The Morgan fingerprint density at radius 2 is 1.35 bits per heavy atom. The molecule has 162 valence electrons. The molecule has 0 N–H and O–H groups in total. The van der Waals surface area contributed by atoms with E-state index in [9.17, 15) is 0 Å². The van der Waals surface area contributed by atoms with E-state index >= 15 is 0 Å². The third-order valence-corrected chi connectivity index (χ3v) is 11.5. The number of rotatable bonds is 2. The third kappa shape index (κ3) is 2.91. The first-order valence-electron chi connectivity index (χ1n) is 10.5. The van der Waals surface area contributed by atoms with Crippen LogP contribution in [0.5, 0.6) is 0 Å². The van der Waals surface area contributed by atoms with Gasteiger partial charge in [-0.15, -0.1) is 45.3 Å². The summed E-state index contributed by atoms with van der Waals surface area (Å²) < 4.78 is 4.88. The quantitative estimate of drug-likeness (QED) is 0.255. The predicted molar refractivity (Wildman–Crippen MR) is 139 cm³/mol. The molecule has 0 amide bonds. The minimum atomic E-state index is -0.134. The van der Waals surface area contributed by atoms with E-state index in [1.807, 2.05) is 30.3 Å². The Morgan fingerprint density at radius 1 is 0.706 bits per heavy atom. The molecule has 1 saturated carbocycles. The molecule has 0 bridgehead atoms. The van der Waals surface area contributed by atoms with Crippen molar-refractivity contribution in [3.63, 3.8) is 0 Å². The number of fused-ring (bicyclic) bond motifs is 9. The van der Waals surface area contributed by atoms with Gasteiger partial charge in [0.15, 0.2) is 0 Å². The predicted octanol–water partition coefficient (Wildman–Crippen LogP) is 7.71. The first-order valence-corrected chi connectivity index (χ1v) is 13.8. The summed E-state index contributed by atoms with van der Waals surface area (Å²) in [5.74, 6) is 0. The van der Waals surface area contributed by atoms with Crippen molar-refractivity contribution in [3.8, 4) is 34.0 Å². The molecule has 4 heterocycles. The Hall–Kier alpha value is -3.38. The van der Waals surface area contributed by atoms with Crippen LogP contribution in [-0.2, 0) is 5.41 Å². The Labute approximate surface area is 210 Å². The van der Waals surface area contributed by atoms with Crippen molar-refractivity contribution < 1.29 is 0 Å². The Kier molecular flexibility index (Phi) is 4.88. The van der Waals surface area contributed by atoms with Gasteiger partial charge < -0.3 is 0 Å². The van der Waals surface area contributed by atoms with Gasteiger partial charge in [0.25, 0.3) is 0 Å². The molecule has 0 atom stereocenters. The van der Waals surface area contributed by atoms with Crippen molar-refractivity contribution in [3.05, 3.63) is 23.3 Å². The Bertz CT molecular complexity index is 1710. The van der Waals surface area contributed by atoms with Gasteiger partial charge >= 0.3 is 0 Å². The lowest BCUT2D eigenvalue weighted by Gasteiger charge is -2.34. The molecule has 2 aliphatic rings. The second kappa shape index (κ2) is 7.84. The first kappa shape index (κ1) is 21.2. The number of nitrogens with zero attached hydrogens (tertiary/aromatic N) is 6. The third-order valence-electron chi connectivity index (χ3n) is 6.46. The summed E-state index contributed by atoms with van der Waals surface area (Å²) in [4.78, 5) is 11.0. The zero-order chi connectivity index (χ0) is 23.4. The van der Waals surface area contributed by atoms with Crippen LogP contribution in [0.2, 0.25) is 0 Å². The second-order valence-electron chi connectivity index (χ2n) is 8.18. The molecule has 0 unspecified atom stereocenters. The molecule has 2 aliphatic carbocycles. The zero-order valence-corrected chi connectivity index (χ0v) is 20.8. The molecule has 0 aliphatic heterocycles. The topological polar surface area (TPSA) is 120 Å². The second-order valence-corrected chi connectivity index (χ2v) is 12.3. The molecule has 34 heavy (non-hydrogen) atoms. The van der Waals surface area contributed by atoms with E-state index in [0.29, 0.717) is 10.0 Å². The molecule has 1 spiro atoms. The number of hydrogen-bond acceptors (Lipinski definition) is 10. The standard InChI is InChI=1S/C24H12N6S4/c25-8-12(9-26)29-16-6-14-19(32-16)21-18(24(14)4-2-1-3-5-24)22-23(34-21)20-15(31-22)7-17(33-20)30-13(10-27)11-28/h6-7H,1-5H2. The smallest absolute Gasteiger partial charge is 0.216 e. The minimum absolute atomic E-state index is 0.0341. The van der Waals surface area contributed by atoms with Crippen molar-refractivity contribution >= 4 is 85.6 Å². The summed E-state index contributed by atoms with van der Waals surface area (Å²) >= 11 is 6.67. The van der Waals surface area contributed by atoms with Gasteiger partial charge in [-0.2, -0.15) is 21.0 Å². The lowest BCUT2D eigenvalue weighted by molar-refractivity contribution is 0.356. The van der Waals surface area contributed by atoms with Crippen LogP contribution in [0, 0.1) is 45.3 Å². The molecule has 6 nitrogen and oxygen atoms in total. The summed E-state index contributed by atoms with van der Waals surface area (Å²) in [6, 6.07) is 11.5. The summed E-state index contributed by atoms with van der Waals surface area (Å²) in [6.07, 6.45) is 5.78. The van der Waals surface area contributed by atoms with Crippen molar-refractivity contribution in [2.45, 2.75) is 37.5 Å². The molecular weight excluding hydrogens is 501 g/mol. The van der Waals surface area contributed by atoms with Gasteiger partial charge in [-0.05, 0) is 30.5 Å². The highest BCUT2D eigenvalue weighted by Crippen LogP contribution is 2.65. The van der Waals surface area contributed by atoms with Crippen LogP contribution in [0.25, 0.3) is 28.6 Å². The van der Waals surface area contributed by atoms with Gasteiger partial charge in [0.1, 0.15) is 34.3 Å². The molecule has 0 radical (unpaired) electrons. The SMILES string of the molecule is N#CC(C#N)=Nc1cc2c(s1)-c1sc3c(sc4cc(N=C(C#N)C#N)sc43)c1C21CCCCC1. The van der Waals surface area contributed by atoms with Gasteiger partial charge in [-0.1, -0.05) is 19.3 Å². The maximum atomic E-state index is 9.15. The van der Waals surface area contributed by atoms with E-state index < -0.39 is 0 Å². The number of hydrogen-bond donors (Lipinski definition) is 0. The maximum Gasteiger partial charge on any atom is 0.219 e. The van der Waals surface area contributed by atoms with Crippen molar-refractivity contribution in [2.75, 3.05) is 0 Å². The fourth-order valence-electron chi connectivity index (χ4n) is 5.16. The number of aliphatic imine (C=N–C) groups is 2.